The summed E-state index contributed by atoms with van der Waals surface area (Å²) in [6.45, 7) is 3.72. The molecule has 1 N–H and O–H groups in total. The standard InChI is InChI=1S/C24H27N5O3.HI/c1-25-24(29-13-11-28(12-14-29)23(30)21-8-5-15-31-21)27-17-20-9-10-26-22(16-20)32-18-19-6-3-2-4-7-19;/h2-10,15-16H,11-14,17-18H2,1H3,(H,25,27);1H. The van der Waals surface area contributed by atoms with Crippen LogP contribution in [0.2, 0.25) is 0 Å². The Bertz CT molecular complexity index is 1040. The summed E-state index contributed by atoms with van der Waals surface area (Å²) >= 11 is 0. The van der Waals surface area contributed by atoms with Gasteiger partial charge in [-0.15, -0.1) is 24.0 Å². The van der Waals surface area contributed by atoms with E-state index in [4.69, 9.17) is 9.15 Å². The van der Waals surface area contributed by atoms with Crippen LogP contribution in [0.4, 0.5) is 0 Å². The lowest BCUT2D eigenvalue weighted by Crippen LogP contribution is -2.53. The average molecular weight is 561 g/mol. The van der Waals surface area contributed by atoms with Crippen molar-refractivity contribution in [1.82, 2.24) is 20.1 Å². The number of piperazine rings is 1. The molecule has 1 saturated heterocycles. The van der Waals surface area contributed by atoms with Crippen molar-refractivity contribution in [3.63, 3.8) is 0 Å². The van der Waals surface area contributed by atoms with Gasteiger partial charge >= 0.3 is 0 Å². The van der Waals surface area contributed by atoms with Crippen LogP contribution in [0.5, 0.6) is 5.88 Å². The van der Waals surface area contributed by atoms with Crippen molar-refractivity contribution < 1.29 is 13.9 Å². The third-order valence-corrected chi connectivity index (χ3v) is 5.29. The van der Waals surface area contributed by atoms with E-state index in [1.54, 1.807) is 25.4 Å². The van der Waals surface area contributed by atoms with Gasteiger partial charge in [0.05, 0.1) is 6.26 Å². The molecule has 174 valence electrons. The Morgan fingerprint density at radius 3 is 2.52 bits per heavy atom. The number of rotatable bonds is 6. The molecule has 2 aromatic heterocycles. The number of pyridine rings is 1. The van der Waals surface area contributed by atoms with Gasteiger partial charge in [-0.05, 0) is 29.3 Å². The van der Waals surface area contributed by atoms with Crippen LogP contribution in [-0.2, 0) is 13.2 Å². The van der Waals surface area contributed by atoms with Crippen molar-refractivity contribution in [2.24, 2.45) is 4.99 Å². The summed E-state index contributed by atoms with van der Waals surface area (Å²) in [5.41, 5.74) is 2.15. The lowest BCUT2D eigenvalue weighted by atomic mass is 10.2. The minimum absolute atomic E-state index is 0. The molecule has 0 unspecified atom stereocenters. The van der Waals surface area contributed by atoms with Gasteiger partial charge in [0.2, 0.25) is 5.88 Å². The van der Waals surface area contributed by atoms with E-state index >= 15 is 0 Å². The fourth-order valence-corrected chi connectivity index (χ4v) is 3.56. The van der Waals surface area contributed by atoms with Crippen molar-refractivity contribution in [2.45, 2.75) is 13.2 Å². The van der Waals surface area contributed by atoms with Crippen LogP contribution in [0, 0.1) is 0 Å². The Morgan fingerprint density at radius 2 is 1.82 bits per heavy atom. The smallest absolute Gasteiger partial charge is 0.289 e. The largest absolute Gasteiger partial charge is 0.473 e. The van der Waals surface area contributed by atoms with E-state index in [1.165, 1.54) is 6.26 Å². The quantitative estimate of drug-likeness (QED) is 0.282. The molecule has 3 heterocycles. The number of aromatic nitrogens is 1. The molecule has 3 aromatic rings. The molecule has 33 heavy (non-hydrogen) atoms. The Balaban J connectivity index is 0.00000306. The molecular formula is C24H28IN5O3. The molecule has 1 aliphatic rings. The first kappa shape index (κ1) is 24.6. The van der Waals surface area contributed by atoms with Gasteiger partial charge in [0, 0.05) is 52.0 Å². The van der Waals surface area contributed by atoms with Crippen LogP contribution in [0.25, 0.3) is 0 Å². The maximum absolute atomic E-state index is 12.4. The van der Waals surface area contributed by atoms with Crippen LogP contribution in [0.15, 0.2) is 76.5 Å². The molecule has 0 bridgehead atoms. The first-order chi connectivity index (χ1) is 15.7. The highest BCUT2D eigenvalue weighted by Crippen LogP contribution is 2.13. The number of halogens is 1. The van der Waals surface area contributed by atoms with Gasteiger partial charge in [-0.1, -0.05) is 30.3 Å². The van der Waals surface area contributed by atoms with Gasteiger partial charge in [0.15, 0.2) is 11.7 Å². The average Bonchev–Trinajstić information content (AvgIpc) is 3.39. The highest BCUT2D eigenvalue weighted by molar-refractivity contribution is 14.0. The molecule has 0 saturated carbocycles. The van der Waals surface area contributed by atoms with E-state index in [1.807, 2.05) is 47.4 Å². The predicted octanol–water partition coefficient (Wildman–Crippen LogP) is 3.41. The second-order valence-electron chi connectivity index (χ2n) is 7.43. The van der Waals surface area contributed by atoms with Crippen molar-refractivity contribution in [2.75, 3.05) is 33.2 Å². The minimum Gasteiger partial charge on any atom is -0.473 e. The number of furan rings is 1. The molecule has 0 atom stereocenters. The number of benzene rings is 1. The summed E-state index contributed by atoms with van der Waals surface area (Å²) in [6, 6.07) is 17.3. The van der Waals surface area contributed by atoms with Crippen molar-refractivity contribution >= 4 is 35.8 Å². The van der Waals surface area contributed by atoms with E-state index in [0.717, 1.165) is 17.1 Å². The molecule has 1 aromatic carbocycles. The minimum atomic E-state index is -0.0718. The van der Waals surface area contributed by atoms with Crippen LogP contribution in [0.1, 0.15) is 21.7 Å². The molecular weight excluding hydrogens is 533 g/mol. The number of amides is 1. The number of ether oxygens (including phenoxy) is 1. The number of aliphatic imine (C=N–C) groups is 1. The van der Waals surface area contributed by atoms with E-state index < -0.39 is 0 Å². The van der Waals surface area contributed by atoms with Gasteiger partial charge in [0.1, 0.15) is 6.61 Å². The van der Waals surface area contributed by atoms with E-state index in [-0.39, 0.29) is 29.9 Å². The molecule has 8 nitrogen and oxygen atoms in total. The zero-order valence-corrected chi connectivity index (χ0v) is 20.8. The molecule has 1 aliphatic heterocycles. The number of nitrogens with zero attached hydrogens (tertiary/aromatic N) is 4. The lowest BCUT2D eigenvalue weighted by molar-refractivity contribution is 0.0657. The van der Waals surface area contributed by atoms with Crippen LogP contribution in [0.3, 0.4) is 0 Å². The first-order valence-electron chi connectivity index (χ1n) is 10.6. The van der Waals surface area contributed by atoms with E-state index in [9.17, 15) is 4.79 Å². The monoisotopic (exact) mass is 561 g/mol. The predicted molar refractivity (Wildman–Crippen MR) is 137 cm³/mol. The van der Waals surface area contributed by atoms with Crippen LogP contribution < -0.4 is 10.1 Å². The number of carbonyl (C=O) groups excluding carboxylic acids is 1. The summed E-state index contributed by atoms with van der Waals surface area (Å²) in [6.07, 6.45) is 3.27. The number of nitrogens with one attached hydrogen (secondary N) is 1. The second-order valence-corrected chi connectivity index (χ2v) is 7.43. The number of hydrogen-bond donors (Lipinski definition) is 1. The summed E-state index contributed by atoms with van der Waals surface area (Å²) in [5.74, 6) is 1.70. The van der Waals surface area contributed by atoms with Gasteiger partial charge in [-0.25, -0.2) is 4.98 Å². The van der Waals surface area contributed by atoms with Crippen molar-refractivity contribution in [3.05, 3.63) is 83.9 Å². The maximum Gasteiger partial charge on any atom is 0.289 e. The normalized spacial score (nSPS) is 13.9. The Morgan fingerprint density at radius 1 is 1.06 bits per heavy atom. The molecule has 1 amide bonds. The third-order valence-electron chi connectivity index (χ3n) is 5.29. The fourth-order valence-electron chi connectivity index (χ4n) is 3.56. The molecule has 0 radical (unpaired) electrons. The van der Waals surface area contributed by atoms with Gasteiger partial charge < -0.3 is 24.3 Å². The molecule has 9 heteroatoms. The zero-order valence-electron chi connectivity index (χ0n) is 18.5. The molecule has 0 aliphatic carbocycles. The fraction of sp³-hybridized carbons (Fsp3) is 0.292. The van der Waals surface area contributed by atoms with Gasteiger partial charge in [0.25, 0.3) is 5.91 Å². The number of carbonyl (C=O) groups is 1. The zero-order chi connectivity index (χ0) is 22.2. The molecule has 1 fully saturated rings. The Labute approximate surface area is 210 Å². The van der Waals surface area contributed by atoms with E-state index in [0.29, 0.717) is 51.0 Å². The third kappa shape index (κ3) is 6.70. The summed E-state index contributed by atoms with van der Waals surface area (Å²) in [4.78, 5) is 25.1. The van der Waals surface area contributed by atoms with Crippen LogP contribution in [-0.4, -0.2) is 59.9 Å². The van der Waals surface area contributed by atoms with E-state index in [2.05, 4.69) is 20.2 Å². The SMILES string of the molecule is CN=C(NCc1ccnc(OCc2ccccc2)c1)N1CCN(C(=O)c2ccco2)CC1.I. The number of hydrogen-bond acceptors (Lipinski definition) is 5. The van der Waals surface area contributed by atoms with Crippen molar-refractivity contribution in [1.29, 1.82) is 0 Å². The maximum atomic E-state index is 12.4. The summed E-state index contributed by atoms with van der Waals surface area (Å²) in [5, 5.41) is 3.40. The summed E-state index contributed by atoms with van der Waals surface area (Å²) in [7, 11) is 1.77. The Kier molecular flexibility index (Phi) is 9.11. The van der Waals surface area contributed by atoms with Crippen LogP contribution >= 0.6 is 24.0 Å². The van der Waals surface area contributed by atoms with Gasteiger partial charge in [-0.3, -0.25) is 9.79 Å². The number of guanidine groups is 1. The van der Waals surface area contributed by atoms with Gasteiger partial charge in [-0.2, -0.15) is 0 Å². The summed E-state index contributed by atoms with van der Waals surface area (Å²) < 4.78 is 11.0. The highest BCUT2D eigenvalue weighted by atomic mass is 127. The first-order valence-corrected chi connectivity index (χ1v) is 10.6. The lowest BCUT2D eigenvalue weighted by Gasteiger charge is -2.36. The molecule has 4 rings (SSSR count). The second kappa shape index (κ2) is 12.2. The Hall–Kier alpha value is -3.08. The van der Waals surface area contributed by atoms with Crippen molar-refractivity contribution in [3.8, 4) is 5.88 Å². The molecule has 0 spiro atoms. The topological polar surface area (TPSA) is 83.2 Å². The highest BCUT2D eigenvalue weighted by Gasteiger charge is 2.25.